The van der Waals surface area contributed by atoms with Gasteiger partial charge in [-0.15, -0.1) is 10.2 Å². The monoisotopic (exact) mass is 349 g/mol. The van der Waals surface area contributed by atoms with E-state index < -0.39 is 11.8 Å². The summed E-state index contributed by atoms with van der Waals surface area (Å²) in [7, 11) is 0. The van der Waals surface area contributed by atoms with Gasteiger partial charge in [-0.2, -0.15) is 0 Å². The Kier molecular flexibility index (Phi) is 4.83. The summed E-state index contributed by atoms with van der Waals surface area (Å²) < 4.78 is 2.27. The van der Waals surface area contributed by atoms with Crippen LogP contribution in [-0.2, 0) is 9.59 Å². The van der Waals surface area contributed by atoms with Crippen molar-refractivity contribution in [1.29, 1.82) is 0 Å². The summed E-state index contributed by atoms with van der Waals surface area (Å²) in [6.07, 6.45) is 3.07. The van der Waals surface area contributed by atoms with Crippen LogP contribution < -0.4 is 10.6 Å². The Morgan fingerprint density at radius 2 is 1.95 bits per heavy atom. The first-order valence-electron chi connectivity index (χ1n) is 5.94. The molecule has 0 saturated carbocycles. The zero-order valence-corrected chi connectivity index (χ0v) is 12.5. The third-order valence-corrected chi connectivity index (χ3v) is 2.75. The fraction of sp³-hybridized carbons (Fsp3) is 0.0769. The number of nitrogens with zero attached hydrogens (tertiary/aromatic N) is 3. The van der Waals surface area contributed by atoms with Crippen molar-refractivity contribution < 1.29 is 9.59 Å². The topological polar surface area (TPSA) is 88.9 Å². The molecular weight excluding hydrogens is 338 g/mol. The van der Waals surface area contributed by atoms with E-state index in [9.17, 15) is 9.59 Å². The zero-order chi connectivity index (χ0) is 15.2. The largest absolute Gasteiger partial charge is 0.343 e. The Morgan fingerprint density at radius 1 is 1.24 bits per heavy atom. The van der Waals surface area contributed by atoms with Gasteiger partial charge in [-0.1, -0.05) is 28.6 Å². The Labute approximate surface area is 129 Å². The highest BCUT2D eigenvalue weighted by Gasteiger charge is 2.13. The predicted octanol–water partition coefficient (Wildman–Crippen LogP) is 1.23. The predicted molar refractivity (Wildman–Crippen MR) is 81.1 cm³/mol. The van der Waals surface area contributed by atoms with Crippen molar-refractivity contribution in [3.8, 4) is 5.69 Å². The first-order valence-corrected chi connectivity index (χ1v) is 6.73. The second kappa shape index (κ2) is 6.80. The summed E-state index contributed by atoms with van der Waals surface area (Å²) in [5, 5.41) is 12.4. The summed E-state index contributed by atoms with van der Waals surface area (Å²) >= 11 is 3.09. The Bertz CT molecular complexity index is 669. The molecule has 0 saturated heterocycles. The number of carbonyl (C=O) groups is 2. The molecule has 0 radical (unpaired) electrons. The van der Waals surface area contributed by atoms with Gasteiger partial charge in [0.1, 0.15) is 12.7 Å². The van der Waals surface area contributed by atoms with Gasteiger partial charge in [0.15, 0.2) is 0 Å². The summed E-state index contributed by atoms with van der Waals surface area (Å²) in [5.41, 5.74) is 1.27. The number of halogens is 1. The summed E-state index contributed by atoms with van der Waals surface area (Å²) in [6.45, 7) is 3.75. The molecule has 1 heterocycles. The Hall–Kier alpha value is -2.48. The quantitative estimate of drug-likeness (QED) is 0.812. The molecule has 7 nitrogen and oxygen atoms in total. The molecule has 0 unspecified atom stereocenters. The van der Waals surface area contributed by atoms with Crippen LogP contribution in [0.1, 0.15) is 0 Å². The number of nitrogens with one attached hydrogen (secondary N) is 2. The van der Waals surface area contributed by atoms with E-state index in [1.54, 1.807) is 22.8 Å². The van der Waals surface area contributed by atoms with Gasteiger partial charge in [-0.3, -0.25) is 14.2 Å². The molecule has 108 valence electrons. The van der Waals surface area contributed by atoms with Crippen LogP contribution in [-0.4, -0.2) is 33.1 Å². The minimum Gasteiger partial charge on any atom is -0.343 e. The lowest BCUT2D eigenvalue weighted by molar-refractivity contribution is -0.136. The van der Waals surface area contributed by atoms with Crippen molar-refractivity contribution in [3.05, 3.63) is 48.0 Å². The maximum absolute atomic E-state index is 11.7. The minimum atomic E-state index is -0.746. The molecule has 21 heavy (non-hydrogen) atoms. The fourth-order valence-electron chi connectivity index (χ4n) is 1.52. The number of benzene rings is 1. The normalized spacial score (nSPS) is 9.95. The van der Waals surface area contributed by atoms with Crippen LogP contribution in [0, 0.1) is 0 Å². The molecule has 1 aromatic heterocycles. The van der Waals surface area contributed by atoms with Gasteiger partial charge in [-0.05, 0) is 18.2 Å². The average Bonchev–Trinajstić information content (AvgIpc) is 2.99. The van der Waals surface area contributed by atoms with Crippen molar-refractivity contribution in [3.63, 3.8) is 0 Å². The van der Waals surface area contributed by atoms with Gasteiger partial charge in [0.25, 0.3) is 0 Å². The number of aromatic nitrogens is 3. The second-order valence-electron chi connectivity index (χ2n) is 4.07. The summed E-state index contributed by atoms with van der Waals surface area (Å²) in [6, 6.07) is 6.97. The Morgan fingerprint density at radius 3 is 2.62 bits per heavy atom. The molecule has 0 atom stereocenters. The summed E-state index contributed by atoms with van der Waals surface area (Å²) in [4.78, 5) is 23.3. The van der Waals surface area contributed by atoms with E-state index in [1.165, 1.54) is 12.7 Å². The molecule has 1 aromatic carbocycles. The van der Waals surface area contributed by atoms with Crippen LogP contribution in [0.4, 0.5) is 5.69 Å². The van der Waals surface area contributed by atoms with Gasteiger partial charge >= 0.3 is 11.8 Å². The number of carbonyl (C=O) groups excluding carboxylic acids is 2. The minimum absolute atomic E-state index is 0.187. The molecule has 8 heteroatoms. The maximum Gasteiger partial charge on any atom is 0.313 e. The average molecular weight is 350 g/mol. The second-order valence-corrected chi connectivity index (χ2v) is 5.20. The van der Waals surface area contributed by atoms with E-state index >= 15 is 0 Å². The zero-order valence-electron chi connectivity index (χ0n) is 10.9. The molecular formula is C13H12BrN5O2. The molecule has 2 amide bonds. The van der Waals surface area contributed by atoms with E-state index in [-0.39, 0.29) is 6.54 Å². The van der Waals surface area contributed by atoms with Crippen molar-refractivity contribution in [2.24, 2.45) is 0 Å². The van der Waals surface area contributed by atoms with E-state index in [0.29, 0.717) is 10.2 Å². The number of hydrogen-bond acceptors (Lipinski definition) is 4. The van der Waals surface area contributed by atoms with Crippen LogP contribution >= 0.6 is 15.9 Å². The molecule has 2 N–H and O–H groups in total. The molecule has 0 bridgehead atoms. The molecule has 0 aliphatic carbocycles. The van der Waals surface area contributed by atoms with Crippen molar-refractivity contribution in [2.75, 3.05) is 11.9 Å². The summed E-state index contributed by atoms with van der Waals surface area (Å²) in [5.74, 6) is -1.48. The first kappa shape index (κ1) is 14.9. The third-order valence-electron chi connectivity index (χ3n) is 2.47. The van der Waals surface area contributed by atoms with E-state index in [0.717, 1.165) is 5.69 Å². The number of rotatable bonds is 4. The van der Waals surface area contributed by atoms with Crippen LogP contribution in [0.5, 0.6) is 0 Å². The number of hydrogen-bond donors (Lipinski definition) is 2. The molecule has 0 spiro atoms. The fourth-order valence-corrected chi connectivity index (χ4v) is 1.66. The van der Waals surface area contributed by atoms with Gasteiger partial charge in [0.2, 0.25) is 0 Å². The van der Waals surface area contributed by atoms with Crippen LogP contribution in [0.25, 0.3) is 5.69 Å². The standard InChI is InChI=1S/C13H12BrN5O2/c1-9(14)6-15-12(20)13(21)18-10-3-2-4-11(5-10)19-7-16-17-8-19/h2-5,7-8H,1,6H2,(H,15,20)(H,18,21). The van der Waals surface area contributed by atoms with E-state index in [4.69, 9.17) is 0 Å². The van der Waals surface area contributed by atoms with Crippen LogP contribution in [0.2, 0.25) is 0 Å². The highest BCUT2D eigenvalue weighted by atomic mass is 79.9. The van der Waals surface area contributed by atoms with E-state index in [2.05, 4.69) is 43.3 Å². The molecule has 2 aromatic rings. The van der Waals surface area contributed by atoms with Crippen molar-refractivity contribution in [1.82, 2.24) is 20.1 Å². The highest BCUT2D eigenvalue weighted by molar-refractivity contribution is 9.11. The highest BCUT2D eigenvalue weighted by Crippen LogP contribution is 2.13. The maximum atomic E-state index is 11.7. The lowest BCUT2D eigenvalue weighted by atomic mass is 10.2. The Balaban J connectivity index is 2.03. The lowest BCUT2D eigenvalue weighted by Gasteiger charge is -2.08. The molecule has 2 rings (SSSR count). The first-order chi connectivity index (χ1) is 10.1. The van der Waals surface area contributed by atoms with Crippen LogP contribution in [0.15, 0.2) is 48.0 Å². The van der Waals surface area contributed by atoms with Crippen LogP contribution in [0.3, 0.4) is 0 Å². The van der Waals surface area contributed by atoms with Crippen molar-refractivity contribution >= 4 is 33.4 Å². The SMILES string of the molecule is C=C(Br)CNC(=O)C(=O)Nc1cccc(-n2cnnc2)c1. The lowest BCUT2D eigenvalue weighted by Crippen LogP contribution is -2.35. The molecule has 0 fully saturated rings. The van der Waals surface area contributed by atoms with Gasteiger partial charge in [-0.25, -0.2) is 0 Å². The molecule has 0 aliphatic rings. The van der Waals surface area contributed by atoms with Gasteiger partial charge < -0.3 is 10.6 Å². The van der Waals surface area contributed by atoms with Crippen molar-refractivity contribution in [2.45, 2.75) is 0 Å². The third kappa shape index (κ3) is 4.25. The smallest absolute Gasteiger partial charge is 0.313 e. The number of anilines is 1. The molecule has 0 aliphatic heterocycles. The number of amides is 2. The van der Waals surface area contributed by atoms with Gasteiger partial charge in [0.05, 0.1) is 5.69 Å². The van der Waals surface area contributed by atoms with Gasteiger partial charge in [0, 0.05) is 16.7 Å². The van der Waals surface area contributed by atoms with E-state index in [1.807, 2.05) is 6.07 Å².